The number of ketones is 2. The lowest BCUT2D eigenvalue weighted by Crippen LogP contribution is -2.51. The summed E-state index contributed by atoms with van der Waals surface area (Å²) in [4.78, 5) is 76.7. The van der Waals surface area contributed by atoms with Gasteiger partial charge in [-0.1, -0.05) is 85.8 Å². The van der Waals surface area contributed by atoms with Gasteiger partial charge in [0.05, 0.1) is 23.0 Å². The maximum absolute atomic E-state index is 15.3. The van der Waals surface area contributed by atoms with Crippen molar-refractivity contribution in [1.29, 1.82) is 0 Å². The first kappa shape index (κ1) is 41.2. The van der Waals surface area contributed by atoms with Gasteiger partial charge >= 0.3 is 0 Å². The standard InChI is InChI=1S/C46H64N4O7S/c1-7-31-24-44(31,41(55)49-58(56,57)36-16-11-15-29-19-22-47-38(29)36)26-35(52)33-25-46(43(5,6)45(46)20-12-21-45)27-50(33)40(54)32(42(2,3)4)23-34(51)37(28-13-9-8-10-14-28)48-39(53)30-17-18-30/h11,15-16,19,22,28,30-33,37,47H,7-10,12-14,17-18,20-21,23-27H2,1-6H3,(H,48,53)(H,49,55)/t31-,32-,33+,37+,44-,46-/m1/s1. The van der Waals surface area contributed by atoms with Crippen LogP contribution in [0.1, 0.15) is 138 Å². The van der Waals surface area contributed by atoms with Crippen LogP contribution in [0.3, 0.4) is 0 Å². The molecule has 0 radical (unpaired) electrons. The van der Waals surface area contributed by atoms with Crippen molar-refractivity contribution in [3.05, 3.63) is 30.5 Å². The summed E-state index contributed by atoms with van der Waals surface area (Å²) in [5.74, 6) is -2.17. The monoisotopic (exact) mass is 816 g/mol. The summed E-state index contributed by atoms with van der Waals surface area (Å²) in [6.45, 7) is 12.8. The van der Waals surface area contributed by atoms with Crippen molar-refractivity contribution in [3.63, 3.8) is 0 Å². The molecular formula is C46H64N4O7S. The van der Waals surface area contributed by atoms with E-state index in [0.717, 1.165) is 64.2 Å². The fourth-order valence-corrected chi connectivity index (χ4v) is 13.7. The van der Waals surface area contributed by atoms with E-state index in [1.807, 2.05) is 27.7 Å². The summed E-state index contributed by atoms with van der Waals surface area (Å²) in [5.41, 5.74) is -1.74. The minimum atomic E-state index is -4.27. The molecule has 0 bridgehead atoms. The van der Waals surface area contributed by atoms with E-state index >= 15 is 4.79 Å². The van der Waals surface area contributed by atoms with Crippen LogP contribution in [-0.2, 0) is 34.0 Å². The van der Waals surface area contributed by atoms with Gasteiger partial charge in [0.15, 0.2) is 11.6 Å². The van der Waals surface area contributed by atoms with Crippen LogP contribution in [0.25, 0.3) is 10.9 Å². The number of amides is 3. The third kappa shape index (κ3) is 6.57. The first-order chi connectivity index (χ1) is 27.3. The molecule has 2 aromatic rings. The highest BCUT2D eigenvalue weighted by Crippen LogP contribution is 2.88. The van der Waals surface area contributed by atoms with E-state index in [2.05, 4.69) is 28.9 Å². The summed E-state index contributed by atoms with van der Waals surface area (Å²) >= 11 is 0. The second-order valence-corrected chi connectivity index (χ2v) is 22.5. The van der Waals surface area contributed by atoms with E-state index in [1.54, 1.807) is 29.3 Å². The third-order valence-corrected chi connectivity index (χ3v) is 18.0. The average molecular weight is 817 g/mol. The van der Waals surface area contributed by atoms with Crippen LogP contribution in [-0.4, -0.2) is 66.2 Å². The molecule has 1 saturated heterocycles. The van der Waals surface area contributed by atoms with Crippen molar-refractivity contribution >= 4 is 50.2 Å². The molecule has 1 aliphatic heterocycles. The molecule has 3 amide bonds. The Morgan fingerprint density at radius 3 is 2.22 bits per heavy atom. The number of para-hydroxylation sites is 1. The Labute approximate surface area is 344 Å². The van der Waals surface area contributed by atoms with E-state index in [4.69, 9.17) is 0 Å². The highest BCUT2D eigenvalue weighted by Gasteiger charge is 2.85. The first-order valence-electron chi connectivity index (χ1n) is 22.1. The van der Waals surface area contributed by atoms with Gasteiger partial charge in [0, 0.05) is 48.2 Å². The van der Waals surface area contributed by atoms with Crippen LogP contribution in [0.2, 0.25) is 0 Å². The minimum Gasteiger partial charge on any atom is -0.360 e. The molecule has 58 heavy (non-hydrogen) atoms. The van der Waals surface area contributed by atoms with Gasteiger partial charge in [-0.15, -0.1) is 0 Å². The number of carbonyl (C=O) groups is 5. The molecular weight excluding hydrogens is 753 g/mol. The number of sulfonamides is 1. The summed E-state index contributed by atoms with van der Waals surface area (Å²) in [6.07, 6.45) is 12.7. The Bertz CT molecular complexity index is 2120. The molecule has 3 N–H and O–H groups in total. The van der Waals surface area contributed by atoms with Gasteiger partial charge in [-0.3, -0.25) is 24.0 Å². The second kappa shape index (κ2) is 14.3. The van der Waals surface area contributed by atoms with E-state index in [1.165, 1.54) is 6.07 Å². The molecule has 2 heterocycles. The smallest absolute Gasteiger partial charge is 0.266 e. The van der Waals surface area contributed by atoms with Gasteiger partial charge in [-0.05, 0) is 91.6 Å². The quantitative estimate of drug-likeness (QED) is 0.181. The molecule has 316 valence electrons. The number of carbonyl (C=O) groups excluding carboxylic acids is 5. The molecule has 1 aromatic heterocycles. The van der Waals surface area contributed by atoms with Crippen molar-refractivity contribution < 1.29 is 32.4 Å². The van der Waals surface area contributed by atoms with Crippen molar-refractivity contribution in [1.82, 2.24) is 19.9 Å². The number of fused-ring (bicyclic) bond motifs is 2. The van der Waals surface area contributed by atoms with Gasteiger partial charge in [0.25, 0.3) is 10.0 Å². The molecule has 6 aliphatic rings. The van der Waals surface area contributed by atoms with Crippen LogP contribution < -0.4 is 10.0 Å². The van der Waals surface area contributed by atoms with Crippen LogP contribution in [0.5, 0.6) is 0 Å². The normalized spacial score (nSPS) is 29.8. The molecule has 6 atom stereocenters. The lowest BCUT2D eigenvalue weighted by atomic mass is 9.73. The fourth-order valence-electron chi connectivity index (χ4n) is 12.4. The van der Waals surface area contributed by atoms with Crippen molar-refractivity contribution in [3.8, 4) is 0 Å². The minimum absolute atomic E-state index is 0.0247. The zero-order valence-electron chi connectivity index (χ0n) is 35.4. The number of nitrogens with one attached hydrogen (secondary N) is 3. The molecule has 5 saturated carbocycles. The number of hydrogen-bond donors (Lipinski definition) is 3. The largest absolute Gasteiger partial charge is 0.360 e. The van der Waals surface area contributed by atoms with Crippen molar-refractivity contribution in [2.24, 2.45) is 50.7 Å². The first-order valence-corrected chi connectivity index (χ1v) is 23.6. The van der Waals surface area contributed by atoms with Crippen LogP contribution in [0.15, 0.2) is 35.4 Å². The number of Topliss-reactive ketones (excluding diaryl/α,β-unsaturated/α-hetero) is 2. The van der Waals surface area contributed by atoms with Crippen LogP contribution in [0.4, 0.5) is 0 Å². The zero-order valence-corrected chi connectivity index (χ0v) is 36.2. The lowest BCUT2D eigenvalue weighted by molar-refractivity contribution is -0.147. The number of aromatic nitrogens is 1. The summed E-state index contributed by atoms with van der Waals surface area (Å²) in [6, 6.07) is 5.23. The van der Waals surface area contributed by atoms with E-state index in [9.17, 15) is 27.6 Å². The molecule has 2 spiro atoms. The highest BCUT2D eigenvalue weighted by atomic mass is 32.2. The van der Waals surface area contributed by atoms with Gasteiger partial charge in [-0.25, -0.2) is 13.1 Å². The number of aromatic amines is 1. The predicted molar refractivity (Wildman–Crippen MR) is 220 cm³/mol. The SMILES string of the molecule is CC[C@@H]1C[C@]1(CC(=O)[C@@H]1C[C@@]2(CN1C(=O)[C@@H](CC(=O)[C@@H](NC(=O)C1CC1)C1CCCCC1)C(C)(C)C)C(C)(C)C21CCC1)C(=O)NS(=O)(=O)c1cccc2cc[nH]c12. The Morgan fingerprint density at radius 1 is 0.931 bits per heavy atom. The van der Waals surface area contributed by atoms with E-state index in [-0.39, 0.29) is 75.1 Å². The summed E-state index contributed by atoms with van der Waals surface area (Å²) < 4.78 is 29.8. The molecule has 8 rings (SSSR count). The van der Waals surface area contributed by atoms with Crippen LogP contribution >= 0.6 is 0 Å². The van der Waals surface area contributed by atoms with Gasteiger partial charge < -0.3 is 15.2 Å². The Kier molecular flexibility index (Phi) is 10.2. The van der Waals surface area contributed by atoms with Crippen molar-refractivity contribution in [2.75, 3.05) is 6.54 Å². The molecule has 0 unspecified atom stereocenters. The van der Waals surface area contributed by atoms with Gasteiger partial charge in [0.1, 0.15) is 4.90 Å². The predicted octanol–water partition coefficient (Wildman–Crippen LogP) is 7.24. The summed E-state index contributed by atoms with van der Waals surface area (Å²) in [7, 11) is -4.27. The van der Waals surface area contributed by atoms with Gasteiger partial charge in [0.2, 0.25) is 17.7 Å². The molecule has 11 nitrogen and oxygen atoms in total. The maximum atomic E-state index is 15.3. The van der Waals surface area contributed by atoms with Gasteiger partial charge in [-0.2, -0.15) is 0 Å². The molecule has 12 heteroatoms. The molecule has 5 aliphatic carbocycles. The lowest BCUT2D eigenvalue weighted by Gasteiger charge is -2.37. The number of nitrogens with zero attached hydrogens (tertiary/aromatic N) is 1. The average Bonchev–Trinajstić information content (AvgIpc) is 4.08. The van der Waals surface area contributed by atoms with Crippen LogP contribution in [0, 0.1) is 50.7 Å². The van der Waals surface area contributed by atoms with E-state index < -0.39 is 44.8 Å². The maximum Gasteiger partial charge on any atom is 0.266 e. The van der Waals surface area contributed by atoms with Crippen molar-refractivity contribution in [2.45, 2.75) is 155 Å². The molecule has 1 aromatic carbocycles. The number of H-pyrrole nitrogens is 1. The Balaban J connectivity index is 1.07. The Hall–Kier alpha value is -3.54. The summed E-state index contributed by atoms with van der Waals surface area (Å²) in [5, 5.41) is 3.84. The number of benzene rings is 1. The highest BCUT2D eigenvalue weighted by molar-refractivity contribution is 7.90. The second-order valence-electron chi connectivity index (χ2n) is 20.8. The number of rotatable bonds is 14. The third-order valence-electron chi connectivity index (χ3n) is 16.7. The molecule has 6 fully saturated rings. The zero-order chi connectivity index (χ0) is 41.6. The number of hydrogen-bond acceptors (Lipinski definition) is 7. The fraction of sp³-hybridized carbons (Fsp3) is 0.717. The van der Waals surface area contributed by atoms with E-state index in [0.29, 0.717) is 36.7 Å². The topological polar surface area (TPSA) is 163 Å². The Morgan fingerprint density at radius 2 is 1.64 bits per heavy atom. The number of likely N-dealkylation sites (tertiary alicyclic amines) is 1.